The molecule has 5 heteroatoms. The van der Waals surface area contributed by atoms with Crippen molar-refractivity contribution < 1.29 is 9.94 Å². The molecule has 0 saturated carbocycles. The SMILES string of the molecule is C/C(=N\OCC(O)CCl)c1ccccn1. The van der Waals surface area contributed by atoms with Gasteiger partial charge in [-0.25, -0.2) is 0 Å². The van der Waals surface area contributed by atoms with E-state index in [1.807, 2.05) is 18.2 Å². The van der Waals surface area contributed by atoms with Gasteiger partial charge in [-0.15, -0.1) is 11.6 Å². The van der Waals surface area contributed by atoms with E-state index in [1.54, 1.807) is 13.1 Å². The van der Waals surface area contributed by atoms with E-state index in [0.717, 1.165) is 5.69 Å². The lowest BCUT2D eigenvalue weighted by atomic mass is 10.3. The zero-order valence-electron chi connectivity index (χ0n) is 8.43. The van der Waals surface area contributed by atoms with Crippen molar-refractivity contribution in [2.24, 2.45) is 5.16 Å². The minimum atomic E-state index is -0.688. The van der Waals surface area contributed by atoms with Gasteiger partial charge in [0.05, 0.1) is 11.6 Å². The number of aliphatic hydroxyl groups excluding tert-OH is 1. The van der Waals surface area contributed by atoms with Crippen molar-refractivity contribution in [3.63, 3.8) is 0 Å². The van der Waals surface area contributed by atoms with Gasteiger partial charge in [-0.05, 0) is 19.1 Å². The summed E-state index contributed by atoms with van der Waals surface area (Å²) in [5.74, 6) is 0.137. The third kappa shape index (κ3) is 4.27. The van der Waals surface area contributed by atoms with Gasteiger partial charge in [0.1, 0.15) is 18.4 Å². The summed E-state index contributed by atoms with van der Waals surface area (Å²) in [7, 11) is 0. The number of pyridine rings is 1. The van der Waals surface area contributed by atoms with Crippen molar-refractivity contribution in [3.05, 3.63) is 30.1 Å². The highest BCUT2D eigenvalue weighted by Crippen LogP contribution is 1.97. The number of alkyl halides is 1. The number of aromatic nitrogens is 1. The number of aliphatic hydroxyl groups is 1. The minimum absolute atomic E-state index is 0.0909. The molecule has 1 unspecified atom stereocenters. The van der Waals surface area contributed by atoms with Gasteiger partial charge in [-0.1, -0.05) is 11.2 Å². The van der Waals surface area contributed by atoms with Crippen molar-refractivity contribution in [2.75, 3.05) is 12.5 Å². The number of hydrogen-bond donors (Lipinski definition) is 1. The largest absolute Gasteiger partial charge is 0.393 e. The summed E-state index contributed by atoms with van der Waals surface area (Å²) in [5.41, 5.74) is 1.41. The molecule has 0 aromatic carbocycles. The van der Waals surface area contributed by atoms with E-state index < -0.39 is 6.10 Å². The zero-order valence-corrected chi connectivity index (χ0v) is 9.18. The Labute approximate surface area is 93.5 Å². The summed E-state index contributed by atoms with van der Waals surface area (Å²) in [4.78, 5) is 9.01. The van der Waals surface area contributed by atoms with Crippen molar-refractivity contribution >= 4 is 17.3 Å². The summed E-state index contributed by atoms with van der Waals surface area (Å²) in [6.07, 6.45) is 0.994. The average molecular weight is 229 g/mol. The zero-order chi connectivity index (χ0) is 11.1. The standard InChI is InChI=1S/C10H13ClN2O2/c1-8(10-4-2-3-5-12-10)13-15-7-9(14)6-11/h2-5,9,14H,6-7H2,1H3/b13-8+. The average Bonchev–Trinajstić information content (AvgIpc) is 2.29. The fourth-order valence-electron chi connectivity index (χ4n) is 0.888. The molecule has 1 atom stereocenters. The molecule has 0 amide bonds. The van der Waals surface area contributed by atoms with E-state index >= 15 is 0 Å². The number of halogens is 1. The third-order valence-electron chi connectivity index (χ3n) is 1.68. The van der Waals surface area contributed by atoms with E-state index in [2.05, 4.69) is 10.1 Å². The van der Waals surface area contributed by atoms with Gasteiger partial charge in [-0.3, -0.25) is 4.98 Å². The Morgan fingerprint density at radius 1 is 1.67 bits per heavy atom. The van der Waals surface area contributed by atoms with Crippen molar-refractivity contribution in [1.82, 2.24) is 4.98 Å². The molecular formula is C10H13ClN2O2. The lowest BCUT2D eigenvalue weighted by Gasteiger charge is -2.05. The second kappa shape index (κ2) is 6.37. The molecule has 1 aromatic heterocycles. The molecule has 1 rings (SSSR count). The highest BCUT2D eigenvalue weighted by Gasteiger charge is 2.02. The van der Waals surface area contributed by atoms with Crippen LogP contribution in [0.1, 0.15) is 12.6 Å². The van der Waals surface area contributed by atoms with Crippen LogP contribution in [0.2, 0.25) is 0 Å². The van der Waals surface area contributed by atoms with E-state index in [9.17, 15) is 0 Å². The molecule has 0 aliphatic rings. The Balaban J connectivity index is 2.47. The first kappa shape index (κ1) is 11.9. The fraction of sp³-hybridized carbons (Fsp3) is 0.400. The highest BCUT2D eigenvalue weighted by atomic mass is 35.5. The van der Waals surface area contributed by atoms with Crippen LogP contribution in [0.25, 0.3) is 0 Å². The monoisotopic (exact) mass is 228 g/mol. The number of nitrogens with zero attached hydrogens (tertiary/aromatic N) is 2. The molecule has 0 aliphatic heterocycles. The van der Waals surface area contributed by atoms with Gasteiger partial charge in [0.2, 0.25) is 0 Å². The van der Waals surface area contributed by atoms with E-state index in [4.69, 9.17) is 21.5 Å². The van der Waals surface area contributed by atoms with Crippen LogP contribution >= 0.6 is 11.6 Å². The van der Waals surface area contributed by atoms with Crippen LogP contribution in [-0.2, 0) is 4.84 Å². The van der Waals surface area contributed by atoms with Gasteiger partial charge in [0.15, 0.2) is 0 Å². The van der Waals surface area contributed by atoms with Gasteiger partial charge in [0.25, 0.3) is 0 Å². The number of hydrogen-bond acceptors (Lipinski definition) is 4. The topological polar surface area (TPSA) is 54.7 Å². The second-order valence-electron chi connectivity index (χ2n) is 3.00. The molecule has 1 heterocycles. The smallest absolute Gasteiger partial charge is 0.144 e. The van der Waals surface area contributed by atoms with Gasteiger partial charge in [0, 0.05) is 6.20 Å². The summed E-state index contributed by atoms with van der Waals surface area (Å²) < 4.78 is 0. The molecular weight excluding hydrogens is 216 g/mol. The van der Waals surface area contributed by atoms with Crippen molar-refractivity contribution in [1.29, 1.82) is 0 Å². The molecule has 0 radical (unpaired) electrons. The second-order valence-corrected chi connectivity index (χ2v) is 3.30. The maximum absolute atomic E-state index is 9.10. The first-order valence-corrected chi connectivity index (χ1v) is 5.09. The van der Waals surface area contributed by atoms with Crippen LogP contribution in [0.3, 0.4) is 0 Å². The van der Waals surface area contributed by atoms with Gasteiger partial charge in [-0.2, -0.15) is 0 Å². The minimum Gasteiger partial charge on any atom is -0.393 e. The first-order valence-electron chi connectivity index (χ1n) is 4.56. The molecule has 82 valence electrons. The van der Waals surface area contributed by atoms with E-state index in [-0.39, 0.29) is 12.5 Å². The van der Waals surface area contributed by atoms with Crippen LogP contribution < -0.4 is 0 Å². The fourth-order valence-corrected chi connectivity index (χ4v) is 0.977. The molecule has 0 bridgehead atoms. The third-order valence-corrected chi connectivity index (χ3v) is 2.04. The quantitative estimate of drug-likeness (QED) is 0.471. The Hall–Kier alpha value is -1.13. The van der Waals surface area contributed by atoms with Crippen molar-refractivity contribution in [2.45, 2.75) is 13.0 Å². The summed E-state index contributed by atoms with van der Waals surface area (Å²) in [6.45, 7) is 1.88. The predicted octanol–water partition coefficient (Wildman–Crippen LogP) is 1.42. The van der Waals surface area contributed by atoms with Crippen LogP contribution in [0, 0.1) is 0 Å². The molecule has 15 heavy (non-hydrogen) atoms. The molecule has 1 aromatic rings. The summed E-state index contributed by atoms with van der Waals surface area (Å²) in [5, 5.41) is 12.9. The number of rotatable bonds is 5. The molecule has 0 saturated heterocycles. The number of oxime groups is 1. The highest BCUT2D eigenvalue weighted by molar-refractivity contribution is 6.18. The maximum atomic E-state index is 9.10. The molecule has 0 fully saturated rings. The lowest BCUT2D eigenvalue weighted by Crippen LogP contribution is -2.15. The van der Waals surface area contributed by atoms with Crippen molar-refractivity contribution in [3.8, 4) is 0 Å². The summed E-state index contributed by atoms with van der Waals surface area (Å²) in [6, 6.07) is 5.53. The van der Waals surface area contributed by atoms with Gasteiger partial charge < -0.3 is 9.94 Å². The first-order chi connectivity index (χ1) is 7.24. The van der Waals surface area contributed by atoms with Crippen LogP contribution in [0.4, 0.5) is 0 Å². The Morgan fingerprint density at radius 2 is 2.47 bits per heavy atom. The lowest BCUT2D eigenvalue weighted by molar-refractivity contribution is 0.0518. The normalized spacial score (nSPS) is 13.7. The van der Waals surface area contributed by atoms with Crippen LogP contribution in [0.15, 0.2) is 29.6 Å². The van der Waals surface area contributed by atoms with Crippen LogP contribution in [-0.4, -0.2) is 34.4 Å². The molecule has 0 aliphatic carbocycles. The molecule has 4 nitrogen and oxygen atoms in total. The molecule has 1 N–H and O–H groups in total. The Morgan fingerprint density at radius 3 is 3.07 bits per heavy atom. The van der Waals surface area contributed by atoms with Gasteiger partial charge >= 0.3 is 0 Å². The molecule has 0 spiro atoms. The van der Waals surface area contributed by atoms with E-state index in [0.29, 0.717) is 5.71 Å². The van der Waals surface area contributed by atoms with E-state index in [1.165, 1.54) is 0 Å². The Bertz CT molecular complexity index is 316. The maximum Gasteiger partial charge on any atom is 0.144 e. The predicted molar refractivity (Wildman–Crippen MR) is 59.1 cm³/mol. The Kier molecular flexibility index (Phi) is 5.07. The summed E-state index contributed by atoms with van der Waals surface area (Å²) >= 11 is 5.39. The van der Waals surface area contributed by atoms with Crippen LogP contribution in [0.5, 0.6) is 0 Å².